The van der Waals surface area contributed by atoms with E-state index in [0.717, 1.165) is 47.9 Å². The van der Waals surface area contributed by atoms with Gasteiger partial charge in [0.2, 0.25) is 0 Å². The number of aryl methyl sites for hydroxylation is 2. The molecule has 8 bridgehead atoms. The number of carbonyl (C=O) groups excluding carboxylic acids is 4. The van der Waals surface area contributed by atoms with Crippen LogP contribution in [-0.2, 0) is 38.1 Å². The predicted octanol–water partition coefficient (Wildman–Crippen LogP) is 12.4. The van der Waals surface area contributed by atoms with Crippen molar-refractivity contribution >= 4 is 92.7 Å². The Labute approximate surface area is 496 Å². The van der Waals surface area contributed by atoms with Gasteiger partial charge < -0.3 is 59.7 Å². The quantitative estimate of drug-likeness (QED) is 0.0597. The molecule has 4 atom stereocenters. The summed E-state index contributed by atoms with van der Waals surface area (Å²) in [5.41, 5.74) is 13.1. The third-order valence-electron chi connectivity index (χ3n) is 16.7. The van der Waals surface area contributed by atoms with Crippen molar-refractivity contribution < 1.29 is 47.6 Å². The summed E-state index contributed by atoms with van der Waals surface area (Å²) in [6.07, 6.45) is 10.4. The van der Waals surface area contributed by atoms with Crippen molar-refractivity contribution in [1.29, 1.82) is 0 Å². The van der Waals surface area contributed by atoms with Gasteiger partial charge in [-0.2, -0.15) is 0 Å². The molecule has 6 aliphatic heterocycles. The number of hydrogen-bond acceptors (Lipinski definition) is 12. The van der Waals surface area contributed by atoms with E-state index < -0.39 is 24.4 Å². The minimum absolute atomic E-state index is 0.310. The highest BCUT2D eigenvalue weighted by molar-refractivity contribution is 6.12. The van der Waals surface area contributed by atoms with Gasteiger partial charge in [-0.1, -0.05) is 36.4 Å². The first-order valence-electron chi connectivity index (χ1n) is 29.4. The van der Waals surface area contributed by atoms with Crippen LogP contribution in [0.4, 0.5) is 22.7 Å². The van der Waals surface area contributed by atoms with Gasteiger partial charge in [0.25, 0.3) is 23.6 Å². The number of benzene rings is 4. The van der Waals surface area contributed by atoms with E-state index in [9.17, 15) is 19.2 Å². The van der Waals surface area contributed by atoms with E-state index in [1.54, 1.807) is 26.4 Å². The fraction of sp³-hybridized carbons (Fsp3) is 0.294. The van der Waals surface area contributed by atoms with Gasteiger partial charge in [-0.3, -0.25) is 19.2 Å². The lowest BCUT2D eigenvalue weighted by Gasteiger charge is -2.20. The zero-order chi connectivity index (χ0) is 59.0. The molecular formula is C68H66N8O10. The second-order valence-corrected chi connectivity index (χ2v) is 22.2. The third kappa shape index (κ3) is 10.7. The number of amides is 4. The SMILES string of the molecule is COc1cccc(C)c1-c1c2nc(c(-c3c(NC(=O)[C@@H]4CCCO4)cccc3NC(=O)[C@@H]3CCCO3)c3ccc([nH]3)c(-c3c(C)cccc3OC)c3nc(c(-c4c(NC(=O)[C@@H]5CCCO5)cccc4NC(=O)[C@@H]4CCCO4)c4ccc1[nH]4)C=C3)C=C2. The standard InChI is InChI=1S/C68H66N8O10/c1-37-13-5-19-51(81-3)57(37)59-43-25-29-47(69-43)63(61-39(73-65(77)53-21-9-33-83-53)15-7-16-40(61)74-66(78)54-22-10-34-84-54)49-31-27-45(71-49)60(58-38(2)14-6-20-52(58)82-4)46-28-32-50(72-46)64(48-30-26-44(59)70-48)62-41(75-67(79)55-23-11-35-85-55)17-8-18-42(62)76-68(80)56-24-12-36-86-56/h5-8,13-20,25-32,53-56,69,72H,9-12,21-24,33-36H2,1-4H3,(H,73,77)(H,74,78)(H,75,79)(H,76,80)/t53-,54-,55-,56-/m0/s1. The lowest BCUT2D eigenvalue weighted by atomic mass is 9.97. The van der Waals surface area contributed by atoms with E-state index >= 15 is 0 Å². The van der Waals surface area contributed by atoms with E-state index in [4.69, 9.17) is 38.4 Å². The van der Waals surface area contributed by atoms with Gasteiger partial charge in [-0.05, 0) is 161 Å². The average Bonchev–Trinajstić information content (AvgIpc) is 2.12. The second-order valence-electron chi connectivity index (χ2n) is 22.2. The Kier molecular flexibility index (Phi) is 15.6. The van der Waals surface area contributed by atoms with Gasteiger partial charge >= 0.3 is 0 Å². The van der Waals surface area contributed by atoms with Crippen LogP contribution >= 0.6 is 0 Å². The first-order chi connectivity index (χ1) is 42.0. The minimum Gasteiger partial charge on any atom is -0.496 e. The Morgan fingerprint density at radius 1 is 0.395 bits per heavy atom. The van der Waals surface area contributed by atoms with E-state index in [-0.39, 0.29) is 23.6 Å². The van der Waals surface area contributed by atoms with Gasteiger partial charge in [0, 0.05) is 93.0 Å². The number of carbonyl (C=O) groups is 4. The van der Waals surface area contributed by atoms with Crippen molar-refractivity contribution in [2.24, 2.45) is 0 Å². The molecule has 0 saturated carbocycles. The van der Waals surface area contributed by atoms with Crippen molar-refractivity contribution in [3.8, 4) is 56.0 Å². The number of nitrogens with zero attached hydrogens (tertiary/aromatic N) is 2. The van der Waals surface area contributed by atoms with Crippen molar-refractivity contribution in [3.63, 3.8) is 0 Å². The first kappa shape index (κ1) is 56.0. The zero-order valence-corrected chi connectivity index (χ0v) is 48.3. The maximum atomic E-state index is 14.3. The van der Waals surface area contributed by atoms with Crippen molar-refractivity contribution in [1.82, 2.24) is 19.9 Å². The largest absolute Gasteiger partial charge is 0.496 e. The number of nitrogens with one attached hydrogen (secondary N) is 6. The molecule has 7 aromatic rings. The summed E-state index contributed by atoms with van der Waals surface area (Å²) in [4.78, 5) is 75.9. The van der Waals surface area contributed by atoms with E-state index in [0.29, 0.717) is 165 Å². The Morgan fingerprint density at radius 3 is 0.942 bits per heavy atom. The highest BCUT2D eigenvalue weighted by Gasteiger charge is 2.32. The lowest BCUT2D eigenvalue weighted by Crippen LogP contribution is -2.28. The van der Waals surface area contributed by atoms with Crippen LogP contribution in [0.2, 0.25) is 0 Å². The fourth-order valence-corrected chi connectivity index (χ4v) is 12.6. The zero-order valence-electron chi connectivity index (χ0n) is 48.3. The fourth-order valence-electron chi connectivity index (χ4n) is 12.6. The number of aromatic amines is 2. The maximum Gasteiger partial charge on any atom is 0.253 e. The number of hydrogen-bond donors (Lipinski definition) is 6. The second kappa shape index (κ2) is 24.0. The lowest BCUT2D eigenvalue weighted by molar-refractivity contribution is -0.125. The number of aromatic nitrogens is 4. The van der Waals surface area contributed by atoms with Crippen molar-refractivity contribution in [3.05, 3.63) is 131 Å². The van der Waals surface area contributed by atoms with Crippen LogP contribution < -0.4 is 30.7 Å². The molecule has 0 aliphatic carbocycles. The summed E-state index contributed by atoms with van der Waals surface area (Å²) in [6.45, 7) is 5.92. The molecule has 18 heteroatoms. The number of ether oxygens (including phenoxy) is 6. The summed E-state index contributed by atoms with van der Waals surface area (Å²) in [5.74, 6) is -0.0515. The smallest absolute Gasteiger partial charge is 0.253 e. The average molecular weight is 1160 g/mol. The maximum absolute atomic E-state index is 14.3. The number of H-pyrrole nitrogens is 2. The molecule has 4 fully saturated rings. The molecule has 9 heterocycles. The minimum atomic E-state index is -0.667. The van der Waals surface area contributed by atoms with Gasteiger partial charge in [0.05, 0.1) is 59.7 Å². The molecular weight excluding hydrogens is 1090 g/mol. The number of anilines is 4. The van der Waals surface area contributed by atoms with Crippen LogP contribution in [-0.4, -0.2) is 109 Å². The van der Waals surface area contributed by atoms with Crippen LogP contribution in [0.3, 0.4) is 0 Å². The molecule has 4 aromatic carbocycles. The molecule has 18 nitrogen and oxygen atoms in total. The third-order valence-corrected chi connectivity index (χ3v) is 16.7. The van der Waals surface area contributed by atoms with Gasteiger partial charge in [-0.15, -0.1) is 0 Å². The molecule has 0 unspecified atom stereocenters. The number of fused-ring (bicyclic) bond motifs is 8. The highest BCUT2D eigenvalue weighted by Crippen LogP contribution is 2.47. The highest BCUT2D eigenvalue weighted by atomic mass is 16.5. The molecule has 6 aliphatic rings. The number of rotatable bonds is 14. The topological polar surface area (TPSA) is 229 Å². The van der Waals surface area contributed by atoms with Crippen LogP contribution in [0.5, 0.6) is 11.5 Å². The van der Waals surface area contributed by atoms with Gasteiger partial charge in [-0.25, -0.2) is 9.97 Å². The summed E-state index contributed by atoms with van der Waals surface area (Å²) >= 11 is 0. The Balaban J connectivity index is 1.16. The van der Waals surface area contributed by atoms with E-state index in [2.05, 4.69) is 31.2 Å². The summed E-state index contributed by atoms with van der Waals surface area (Å²) in [5, 5.41) is 12.9. The number of methoxy groups -OCH3 is 2. The molecule has 13 rings (SSSR count). The Morgan fingerprint density at radius 2 is 0.674 bits per heavy atom. The van der Waals surface area contributed by atoms with Gasteiger partial charge in [0.15, 0.2) is 0 Å². The molecule has 6 N–H and O–H groups in total. The monoisotopic (exact) mass is 1150 g/mol. The van der Waals surface area contributed by atoms with Crippen LogP contribution in [0, 0.1) is 13.8 Å². The predicted molar refractivity (Wildman–Crippen MR) is 334 cm³/mol. The summed E-state index contributed by atoms with van der Waals surface area (Å²) in [7, 11) is 3.27. The van der Waals surface area contributed by atoms with Crippen molar-refractivity contribution in [2.45, 2.75) is 89.6 Å². The molecule has 3 aromatic heterocycles. The summed E-state index contributed by atoms with van der Waals surface area (Å²) in [6, 6.07) is 30.6. The molecule has 0 radical (unpaired) electrons. The molecule has 438 valence electrons. The summed E-state index contributed by atoms with van der Waals surface area (Å²) < 4.78 is 36.0. The molecule has 0 spiro atoms. The molecule has 86 heavy (non-hydrogen) atoms. The first-order valence-corrected chi connectivity index (χ1v) is 29.4. The Hall–Kier alpha value is -9.20. The molecule has 4 saturated heterocycles. The van der Waals surface area contributed by atoms with Crippen LogP contribution in [0.15, 0.2) is 97.1 Å². The van der Waals surface area contributed by atoms with E-state index in [1.807, 2.05) is 123 Å². The van der Waals surface area contributed by atoms with Crippen LogP contribution in [0.25, 0.3) is 90.9 Å². The van der Waals surface area contributed by atoms with E-state index in [1.165, 1.54) is 0 Å². The van der Waals surface area contributed by atoms with Crippen LogP contribution in [0.1, 0.15) is 85.3 Å². The van der Waals surface area contributed by atoms with Gasteiger partial charge in [0.1, 0.15) is 35.9 Å². The Bertz CT molecular complexity index is 3740. The molecule has 4 amide bonds. The van der Waals surface area contributed by atoms with Crippen molar-refractivity contribution in [2.75, 3.05) is 61.9 Å². The normalized spacial score (nSPS) is 18.7.